The molecular weight excluding hydrogens is 294 g/mol. The predicted molar refractivity (Wildman–Crippen MR) is 69.4 cm³/mol. The Kier molecular flexibility index (Phi) is 4.57. The molecule has 4 N–H and O–H groups in total. The van der Waals surface area contributed by atoms with Crippen LogP contribution in [-0.2, 0) is 10.2 Å². The summed E-state index contributed by atoms with van der Waals surface area (Å²) in [6.07, 6.45) is 0.739. The van der Waals surface area contributed by atoms with Crippen molar-refractivity contribution in [2.75, 3.05) is 17.0 Å². The third-order valence-corrected chi connectivity index (χ3v) is 3.60. The van der Waals surface area contributed by atoms with E-state index >= 15 is 0 Å². The van der Waals surface area contributed by atoms with Crippen LogP contribution in [0.2, 0.25) is 0 Å². The van der Waals surface area contributed by atoms with Crippen molar-refractivity contribution in [3.8, 4) is 0 Å². The summed E-state index contributed by atoms with van der Waals surface area (Å²) in [4.78, 5) is 0. The monoisotopic (exact) mass is 307 g/mol. The molecule has 16 heavy (non-hydrogen) atoms. The summed E-state index contributed by atoms with van der Waals surface area (Å²) >= 11 is 3.23. The van der Waals surface area contributed by atoms with Gasteiger partial charge in [-0.1, -0.05) is 6.92 Å². The van der Waals surface area contributed by atoms with Crippen LogP contribution in [0, 0.1) is 0 Å². The number of hydrogen-bond acceptors (Lipinski definition) is 3. The molecule has 0 amide bonds. The molecule has 0 aliphatic carbocycles. The van der Waals surface area contributed by atoms with Gasteiger partial charge in [0, 0.05) is 16.7 Å². The molecule has 0 unspecified atom stereocenters. The highest BCUT2D eigenvalue weighted by Gasteiger charge is 2.08. The maximum atomic E-state index is 11.5. The fraction of sp³-hybridized carbons (Fsp3) is 0.333. The van der Waals surface area contributed by atoms with Gasteiger partial charge in [-0.05, 0) is 40.5 Å². The summed E-state index contributed by atoms with van der Waals surface area (Å²) in [5, 5.41) is 0. The van der Waals surface area contributed by atoms with Gasteiger partial charge >= 0.3 is 0 Å². The molecule has 0 aromatic heterocycles. The van der Waals surface area contributed by atoms with Crippen molar-refractivity contribution in [1.29, 1.82) is 0 Å². The van der Waals surface area contributed by atoms with Crippen LogP contribution in [0.4, 0.5) is 11.4 Å². The Bertz CT molecular complexity index is 462. The van der Waals surface area contributed by atoms with Gasteiger partial charge < -0.3 is 5.73 Å². The fourth-order valence-corrected chi connectivity index (χ4v) is 2.26. The summed E-state index contributed by atoms with van der Waals surface area (Å²) in [6.45, 7) is 2.29. The van der Waals surface area contributed by atoms with Crippen molar-refractivity contribution in [1.82, 2.24) is 4.72 Å². The number of benzene rings is 1. The first kappa shape index (κ1) is 13.3. The second-order valence-corrected chi connectivity index (χ2v) is 5.59. The lowest BCUT2D eigenvalue weighted by Crippen LogP contribution is -2.30. The molecule has 1 aromatic rings. The summed E-state index contributed by atoms with van der Waals surface area (Å²) in [5.74, 6) is 0. The largest absolute Gasteiger partial charge is 0.398 e. The molecule has 0 aliphatic rings. The zero-order chi connectivity index (χ0) is 12.2. The van der Waals surface area contributed by atoms with Crippen LogP contribution in [0.3, 0.4) is 0 Å². The highest BCUT2D eigenvalue weighted by atomic mass is 79.9. The zero-order valence-electron chi connectivity index (χ0n) is 8.83. The van der Waals surface area contributed by atoms with Gasteiger partial charge in [0.1, 0.15) is 0 Å². The van der Waals surface area contributed by atoms with E-state index in [9.17, 15) is 8.42 Å². The van der Waals surface area contributed by atoms with Crippen LogP contribution in [0.1, 0.15) is 13.3 Å². The smallest absolute Gasteiger partial charge is 0.299 e. The first-order valence-electron chi connectivity index (χ1n) is 4.77. The van der Waals surface area contributed by atoms with Crippen LogP contribution in [-0.4, -0.2) is 15.0 Å². The third kappa shape index (κ3) is 3.99. The van der Waals surface area contributed by atoms with Gasteiger partial charge in [-0.15, -0.1) is 0 Å². The Morgan fingerprint density at radius 1 is 1.44 bits per heavy atom. The number of nitrogens with one attached hydrogen (secondary N) is 2. The zero-order valence-corrected chi connectivity index (χ0v) is 11.2. The van der Waals surface area contributed by atoms with E-state index in [-0.39, 0.29) is 0 Å². The molecule has 0 saturated heterocycles. The van der Waals surface area contributed by atoms with Gasteiger partial charge in [-0.2, -0.15) is 13.1 Å². The maximum Gasteiger partial charge on any atom is 0.299 e. The summed E-state index contributed by atoms with van der Waals surface area (Å²) in [5.41, 5.74) is 6.55. The molecule has 1 aromatic carbocycles. The van der Waals surface area contributed by atoms with Crippen LogP contribution in [0.5, 0.6) is 0 Å². The average Bonchev–Trinajstić information content (AvgIpc) is 2.20. The molecule has 5 nitrogen and oxygen atoms in total. The lowest BCUT2D eigenvalue weighted by molar-refractivity contribution is 0.586. The molecule has 0 aliphatic heterocycles. The van der Waals surface area contributed by atoms with E-state index in [4.69, 9.17) is 5.73 Å². The predicted octanol–water partition coefficient (Wildman–Crippen LogP) is 1.69. The van der Waals surface area contributed by atoms with E-state index in [1.54, 1.807) is 18.2 Å². The van der Waals surface area contributed by atoms with E-state index < -0.39 is 10.2 Å². The molecular formula is C9H14BrN3O2S. The first-order valence-corrected chi connectivity index (χ1v) is 7.04. The Labute approximate surface area is 104 Å². The van der Waals surface area contributed by atoms with Gasteiger partial charge in [-0.3, -0.25) is 4.72 Å². The number of rotatable bonds is 5. The molecule has 1 rings (SSSR count). The topological polar surface area (TPSA) is 84.2 Å². The van der Waals surface area contributed by atoms with Crippen LogP contribution in [0.15, 0.2) is 22.7 Å². The van der Waals surface area contributed by atoms with Crippen LogP contribution in [0.25, 0.3) is 0 Å². The Morgan fingerprint density at radius 2 is 2.12 bits per heavy atom. The number of hydrogen-bond donors (Lipinski definition) is 3. The minimum atomic E-state index is -3.50. The maximum absolute atomic E-state index is 11.5. The molecule has 0 bridgehead atoms. The quantitative estimate of drug-likeness (QED) is 0.724. The highest BCUT2D eigenvalue weighted by molar-refractivity contribution is 9.10. The van der Waals surface area contributed by atoms with E-state index in [0.29, 0.717) is 17.9 Å². The first-order chi connectivity index (χ1) is 7.44. The molecule has 7 heteroatoms. The van der Waals surface area contributed by atoms with Gasteiger partial charge in [0.25, 0.3) is 10.2 Å². The standard InChI is InChI=1S/C9H14BrN3O2S/c1-2-5-12-16(14,15)13-7-3-4-8(10)9(11)6-7/h3-4,6,12-13H,2,5,11H2,1H3. The van der Waals surface area contributed by atoms with Gasteiger partial charge in [0.2, 0.25) is 0 Å². The van der Waals surface area contributed by atoms with E-state index in [2.05, 4.69) is 25.4 Å². The van der Waals surface area contributed by atoms with Crippen molar-refractivity contribution in [3.05, 3.63) is 22.7 Å². The van der Waals surface area contributed by atoms with Crippen molar-refractivity contribution in [3.63, 3.8) is 0 Å². The van der Waals surface area contributed by atoms with Gasteiger partial charge in [-0.25, -0.2) is 0 Å². The minimum Gasteiger partial charge on any atom is -0.398 e. The van der Waals surface area contributed by atoms with Crippen LogP contribution < -0.4 is 15.2 Å². The molecule has 0 spiro atoms. The van der Waals surface area contributed by atoms with E-state index in [1.165, 1.54) is 0 Å². The van der Waals surface area contributed by atoms with E-state index in [1.807, 2.05) is 6.92 Å². The SMILES string of the molecule is CCCNS(=O)(=O)Nc1ccc(Br)c(N)c1. The second kappa shape index (κ2) is 5.51. The second-order valence-electron chi connectivity index (χ2n) is 3.24. The minimum absolute atomic E-state index is 0.404. The van der Waals surface area contributed by atoms with Crippen molar-refractivity contribution in [2.24, 2.45) is 0 Å². The van der Waals surface area contributed by atoms with Crippen molar-refractivity contribution >= 4 is 37.5 Å². The summed E-state index contributed by atoms with van der Waals surface area (Å²) in [6, 6.07) is 4.87. The molecule has 0 heterocycles. The fourth-order valence-electron chi connectivity index (χ4n) is 1.03. The van der Waals surface area contributed by atoms with Crippen molar-refractivity contribution in [2.45, 2.75) is 13.3 Å². The lowest BCUT2D eigenvalue weighted by atomic mass is 10.3. The Hall–Kier alpha value is -0.790. The number of nitrogens with two attached hydrogens (primary N) is 1. The lowest BCUT2D eigenvalue weighted by Gasteiger charge is -2.09. The molecule has 90 valence electrons. The molecule has 0 radical (unpaired) electrons. The molecule has 0 atom stereocenters. The number of nitrogen functional groups attached to an aromatic ring is 1. The average molecular weight is 308 g/mol. The Balaban J connectivity index is 2.76. The van der Waals surface area contributed by atoms with Crippen LogP contribution >= 0.6 is 15.9 Å². The number of anilines is 2. The summed E-state index contributed by atoms with van der Waals surface area (Å²) in [7, 11) is -3.50. The van der Waals surface area contributed by atoms with E-state index in [0.717, 1.165) is 10.9 Å². The molecule has 0 saturated carbocycles. The normalized spacial score (nSPS) is 11.4. The van der Waals surface area contributed by atoms with Crippen molar-refractivity contribution < 1.29 is 8.42 Å². The summed E-state index contributed by atoms with van der Waals surface area (Å²) < 4.78 is 28.5. The molecule has 0 fully saturated rings. The third-order valence-electron chi connectivity index (χ3n) is 1.79. The highest BCUT2D eigenvalue weighted by Crippen LogP contribution is 2.23. The van der Waals surface area contributed by atoms with Gasteiger partial charge in [0.05, 0.1) is 5.69 Å². The number of halogens is 1. The van der Waals surface area contributed by atoms with Gasteiger partial charge in [0.15, 0.2) is 0 Å². The Morgan fingerprint density at radius 3 is 2.69 bits per heavy atom.